The van der Waals surface area contributed by atoms with Gasteiger partial charge in [0.25, 0.3) is 0 Å². The molecule has 0 aliphatic rings. The third-order valence-corrected chi connectivity index (χ3v) is 2.24. The molecule has 0 amide bonds. The Morgan fingerprint density at radius 3 is 2.80 bits per heavy atom. The lowest BCUT2D eigenvalue weighted by atomic mass is 10.3. The minimum absolute atomic E-state index is 0.00677. The fourth-order valence-electron chi connectivity index (χ4n) is 1.36. The summed E-state index contributed by atoms with van der Waals surface area (Å²) in [6, 6.07) is 4.18. The largest absolute Gasteiger partial charge is 0.497 e. The maximum absolute atomic E-state index is 11.0. The van der Waals surface area contributed by atoms with Crippen molar-refractivity contribution < 1.29 is 23.9 Å². The summed E-state index contributed by atoms with van der Waals surface area (Å²) in [6.45, 7) is 1.99. The van der Waals surface area contributed by atoms with Crippen molar-refractivity contribution in [3.8, 4) is 11.5 Å². The lowest BCUT2D eigenvalue weighted by Crippen LogP contribution is -2.02. The molecular formula is C13H15NO6. The van der Waals surface area contributed by atoms with Crippen LogP contribution in [0.1, 0.15) is 6.92 Å². The van der Waals surface area contributed by atoms with E-state index in [0.717, 1.165) is 0 Å². The maximum atomic E-state index is 11.0. The highest BCUT2D eigenvalue weighted by Crippen LogP contribution is 2.30. The van der Waals surface area contributed by atoms with E-state index < -0.39 is 10.9 Å². The van der Waals surface area contributed by atoms with Gasteiger partial charge in [-0.05, 0) is 19.1 Å². The fourth-order valence-corrected chi connectivity index (χ4v) is 1.36. The number of hydrogen-bond donors (Lipinski definition) is 0. The first-order valence-electron chi connectivity index (χ1n) is 5.87. The van der Waals surface area contributed by atoms with Crippen molar-refractivity contribution in [3.63, 3.8) is 0 Å². The number of carbonyl (C=O) groups excluding carboxylic acids is 1. The van der Waals surface area contributed by atoms with Gasteiger partial charge in [-0.1, -0.05) is 0 Å². The third-order valence-electron chi connectivity index (χ3n) is 2.24. The second kappa shape index (κ2) is 7.78. The topological polar surface area (TPSA) is 87.9 Å². The Labute approximate surface area is 115 Å². The van der Waals surface area contributed by atoms with Gasteiger partial charge in [-0.2, -0.15) is 0 Å². The molecular weight excluding hydrogens is 266 g/mol. The van der Waals surface area contributed by atoms with E-state index in [1.54, 1.807) is 6.92 Å². The minimum Gasteiger partial charge on any atom is -0.497 e. The summed E-state index contributed by atoms with van der Waals surface area (Å²) in [5, 5.41) is 10.8. The van der Waals surface area contributed by atoms with E-state index in [9.17, 15) is 14.9 Å². The fraction of sp³-hybridized carbons (Fsp3) is 0.308. The van der Waals surface area contributed by atoms with Crippen molar-refractivity contribution in [2.45, 2.75) is 6.92 Å². The van der Waals surface area contributed by atoms with Gasteiger partial charge in [-0.25, -0.2) is 4.79 Å². The number of benzene rings is 1. The first-order valence-corrected chi connectivity index (χ1v) is 5.87. The van der Waals surface area contributed by atoms with Crippen LogP contribution in [0.4, 0.5) is 5.69 Å². The van der Waals surface area contributed by atoms with E-state index in [1.165, 1.54) is 37.5 Å². The van der Waals surface area contributed by atoms with Gasteiger partial charge in [0.05, 0.1) is 18.6 Å². The molecule has 0 heterocycles. The summed E-state index contributed by atoms with van der Waals surface area (Å²) >= 11 is 0. The number of carbonyl (C=O) groups is 1. The number of hydrogen-bond acceptors (Lipinski definition) is 6. The second-order valence-electron chi connectivity index (χ2n) is 3.56. The van der Waals surface area contributed by atoms with Crippen molar-refractivity contribution in [2.75, 3.05) is 20.3 Å². The summed E-state index contributed by atoms with van der Waals surface area (Å²) in [5.74, 6) is 0.0269. The molecule has 0 N–H and O–H groups in total. The molecule has 0 aliphatic heterocycles. The van der Waals surface area contributed by atoms with Gasteiger partial charge in [0.1, 0.15) is 12.4 Å². The summed E-state index contributed by atoms with van der Waals surface area (Å²) < 4.78 is 14.9. The van der Waals surface area contributed by atoms with Crippen molar-refractivity contribution >= 4 is 11.7 Å². The maximum Gasteiger partial charge on any atom is 0.330 e. The van der Waals surface area contributed by atoms with Crippen LogP contribution in [0.25, 0.3) is 0 Å². The molecule has 0 aromatic heterocycles. The smallest absolute Gasteiger partial charge is 0.330 e. The van der Waals surface area contributed by atoms with Crippen LogP contribution in [-0.4, -0.2) is 31.2 Å². The van der Waals surface area contributed by atoms with E-state index >= 15 is 0 Å². The SMILES string of the molecule is CCOC(=O)/C=C/COc1cc(OC)ccc1[N+](=O)[O-]. The molecule has 0 spiro atoms. The number of ether oxygens (including phenoxy) is 3. The number of nitro groups is 1. The van der Waals surface area contributed by atoms with Crippen LogP contribution in [0.15, 0.2) is 30.4 Å². The standard InChI is InChI=1S/C13H15NO6/c1-3-19-13(15)5-4-8-20-12-9-10(18-2)6-7-11(12)14(16)17/h4-7,9H,3,8H2,1-2H3/b5-4+. The highest BCUT2D eigenvalue weighted by molar-refractivity contribution is 5.81. The Kier molecular flexibility index (Phi) is 6.02. The molecule has 7 heteroatoms. The number of methoxy groups -OCH3 is 1. The molecule has 0 saturated carbocycles. The first kappa shape index (κ1) is 15.5. The van der Waals surface area contributed by atoms with Crippen LogP contribution in [0, 0.1) is 10.1 Å². The zero-order valence-electron chi connectivity index (χ0n) is 11.2. The minimum atomic E-state index is -0.552. The molecule has 108 valence electrons. The van der Waals surface area contributed by atoms with Gasteiger partial charge in [0.2, 0.25) is 5.75 Å². The predicted molar refractivity (Wildman–Crippen MR) is 70.9 cm³/mol. The zero-order chi connectivity index (χ0) is 15.0. The van der Waals surface area contributed by atoms with Crippen LogP contribution in [0.3, 0.4) is 0 Å². The van der Waals surface area contributed by atoms with Crippen LogP contribution < -0.4 is 9.47 Å². The average molecular weight is 281 g/mol. The van der Waals surface area contributed by atoms with Gasteiger partial charge in [-0.15, -0.1) is 0 Å². The molecule has 20 heavy (non-hydrogen) atoms. The van der Waals surface area contributed by atoms with Gasteiger partial charge < -0.3 is 14.2 Å². The van der Waals surface area contributed by atoms with E-state index in [2.05, 4.69) is 4.74 Å². The Morgan fingerprint density at radius 1 is 1.45 bits per heavy atom. The van der Waals surface area contributed by atoms with Crippen molar-refractivity contribution in [1.82, 2.24) is 0 Å². The average Bonchev–Trinajstić information content (AvgIpc) is 2.43. The summed E-state index contributed by atoms with van der Waals surface area (Å²) in [4.78, 5) is 21.3. The molecule has 1 aromatic rings. The Bertz CT molecular complexity index is 512. The Morgan fingerprint density at radius 2 is 2.20 bits per heavy atom. The molecule has 1 aromatic carbocycles. The lowest BCUT2D eigenvalue weighted by molar-refractivity contribution is -0.385. The molecule has 0 saturated heterocycles. The summed E-state index contributed by atoms with van der Waals surface area (Å²) in [5.41, 5.74) is -0.171. The molecule has 0 unspecified atom stereocenters. The predicted octanol–water partition coefficient (Wildman–Crippen LogP) is 2.10. The van der Waals surface area contributed by atoms with E-state index in [1.807, 2.05) is 0 Å². The molecule has 1 rings (SSSR count). The normalized spacial score (nSPS) is 10.3. The molecule has 0 bridgehead atoms. The Hall–Kier alpha value is -2.57. The van der Waals surface area contributed by atoms with E-state index in [4.69, 9.17) is 9.47 Å². The highest BCUT2D eigenvalue weighted by atomic mass is 16.6. The number of rotatable bonds is 7. The van der Waals surface area contributed by atoms with Crippen LogP contribution in [0.2, 0.25) is 0 Å². The van der Waals surface area contributed by atoms with E-state index in [0.29, 0.717) is 5.75 Å². The van der Waals surface area contributed by atoms with E-state index in [-0.39, 0.29) is 24.7 Å². The molecule has 7 nitrogen and oxygen atoms in total. The van der Waals surface area contributed by atoms with Crippen molar-refractivity contribution in [3.05, 3.63) is 40.5 Å². The van der Waals surface area contributed by atoms with Gasteiger partial charge in [-0.3, -0.25) is 10.1 Å². The quantitative estimate of drug-likeness (QED) is 0.329. The van der Waals surface area contributed by atoms with Gasteiger partial charge in [0.15, 0.2) is 0 Å². The number of nitrogens with zero attached hydrogens (tertiary/aromatic N) is 1. The van der Waals surface area contributed by atoms with Crippen LogP contribution >= 0.6 is 0 Å². The first-order chi connectivity index (χ1) is 9.58. The monoisotopic (exact) mass is 281 g/mol. The summed E-state index contributed by atoms with van der Waals surface area (Å²) in [7, 11) is 1.45. The number of esters is 1. The number of nitro benzene ring substituents is 1. The zero-order valence-corrected chi connectivity index (χ0v) is 11.2. The van der Waals surface area contributed by atoms with Crippen LogP contribution in [0.5, 0.6) is 11.5 Å². The molecule has 0 fully saturated rings. The third kappa shape index (κ3) is 4.60. The van der Waals surface area contributed by atoms with Crippen LogP contribution in [-0.2, 0) is 9.53 Å². The second-order valence-corrected chi connectivity index (χ2v) is 3.56. The molecule has 0 aliphatic carbocycles. The molecule has 0 atom stereocenters. The molecule has 0 radical (unpaired) electrons. The van der Waals surface area contributed by atoms with Gasteiger partial charge >= 0.3 is 11.7 Å². The highest BCUT2D eigenvalue weighted by Gasteiger charge is 2.15. The Balaban J connectivity index is 2.71. The van der Waals surface area contributed by atoms with Gasteiger partial charge in [0, 0.05) is 18.2 Å². The lowest BCUT2D eigenvalue weighted by Gasteiger charge is -2.06. The summed E-state index contributed by atoms with van der Waals surface area (Å²) in [6.07, 6.45) is 2.62. The van der Waals surface area contributed by atoms with Crippen molar-refractivity contribution in [1.29, 1.82) is 0 Å². The van der Waals surface area contributed by atoms with Crippen molar-refractivity contribution in [2.24, 2.45) is 0 Å².